The summed E-state index contributed by atoms with van der Waals surface area (Å²) in [6.07, 6.45) is 2.86. The van der Waals surface area contributed by atoms with Gasteiger partial charge in [0.2, 0.25) is 5.91 Å². The minimum atomic E-state index is -0.200. The molecule has 2 saturated heterocycles. The zero-order valence-electron chi connectivity index (χ0n) is 13.7. The Kier molecular flexibility index (Phi) is 4.84. The summed E-state index contributed by atoms with van der Waals surface area (Å²) in [5.74, 6) is 0.218. The van der Waals surface area contributed by atoms with Gasteiger partial charge in [0.15, 0.2) is 0 Å². The number of likely N-dealkylation sites (tertiary alicyclic amines) is 1. The van der Waals surface area contributed by atoms with E-state index < -0.39 is 0 Å². The molecule has 0 N–H and O–H groups in total. The van der Waals surface area contributed by atoms with Crippen LogP contribution in [0.4, 0.5) is 4.79 Å². The summed E-state index contributed by atoms with van der Waals surface area (Å²) >= 11 is 0. The molecule has 5 nitrogen and oxygen atoms in total. The fraction of sp³-hybridized carbons (Fsp3) is 0.556. The summed E-state index contributed by atoms with van der Waals surface area (Å²) in [6, 6.07) is 8.45. The van der Waals surface area contributed by atoms with Gasteiger partial charge in [-0.3, -0.25) is 4.79 Å². The highest BCUT2D eigenvalue weighted by atomic mass is 16.6. The molecule has 0 spiro atoms. The average molecular weight is 316 g/mol. The normalized spacial score (nSPS) is 19.1. The molecular weight excluding hydrogens is 292 g/mol. The number of amides is 2. The molecule has 0 aliphatic carbocycles. The van der Waals surface area contributed by atoms with Crippen molar-refractivity contribution in [3.05, 3.63) is 35.4 Å². The summed E-state index contributed by atoms with van der Waals surface area (Å²) in [5, 5.41) is 0. The van der Waals surface area contributed by atoms with E-state index in [2.05, 4.69) is 19.1 Å². The Morgan fingerprint density at radius 3 is 2.61 bits per heavy atom. The summed E-state index contributed by atoms with van der Waals surface area (Å²) in [5.41, 5.74) is 2.49. The van der Waals surface area contributed by atoms with Crippen LogP contribution in [0.5, 0.6) is 0 Å². The maximum atomic E-state index is 12.4. The topological polar surface area (TPSA) is 49.9 Å². The Morgan fingerprint density at radius 1 is 1.22 bits per heavy atom. The van der Waals surface area contributed by atoms with Crippen molar-refractivity contribution < 1.29 is 14.3 Å². The lowest BCUT2D eigenvalue weighted by atomic mass is 10.0. The minimum absolute atomic E-state index is 0.200. The number of carbonyl (C=O) groups excluding carboxylic acids is 2. The third kappa shape index (κ3) is 3.66. The maximum Gasteiger partial charge on any atom is 0.410 e. The Labute approximate surface area is 137 Å². The van der Waals surface area contributed by atoms with Crippen LogP contribution in [0.3, 0.4) is 0 Å². The lowest BCUT2D eigenvalue weighted by Crippen LogP contribution is -2.47. The average Bonchev–Trinajstić information content (AvgIpc) is 3.00. The third-order valence-corrected chi connectivity index (χ3v) is 4.92. The fourth-order valence-corrected chi connectivity index (χ4v) is 3.45. The molecule has 0 atom stereocenters. The van der Waals surface area contributed by atoms with E-state index in [0.29, 0.717) is 19.6 Å². The summed E-state index contributed by atoms with van der Waals surface area (Å²) in [7, 11) is 0. The largest absolute Gasteiger partial charge is 0.448 e. The van der Waals surface area contributed by atoms with Crippen molar-refractivity contribution >= 4 is 12.0 Å². The molecule has 2 aliphatic rings. The van der Waals surface area contributed by atoms with Crippen LogP contribution in [0, 0.1) is 6.92 Å². The van der Waals surface area contributed by atoms with Crippen LogP contribution < -0.4 is 0 Å². The first-order valence-electron chi connectivity index (χ1n) is 8.41. The van der Waals surface area contributed by atoms with Crippen molar-refractivity contribution in [1.82, 2.24) is 9.80 Å². The molecule has 2 amide bonds. The van der Waals surface area contributed by atoms with E-state index in [1.165, 1.54) is 11.1 Å². The highest BCUT2D eigenvalue weighted by Crippen LogP contribution is 2.21. The number of benzene rings is 1. The maximum absolute atomic E-state index is 12.4. The number of carbonyl (C=O) groups is 2. The number of cyclic esters (lactones) is 1. The number of hydrogen-bond donors (Lipinski definition) is 0. The minimum Gasteiger partial charge on any atom is -0.448 e. The zero-order valence-corrected chi connectivity index (χ0v) is 13.7. The first-order valence-corrected chi connectivity index (χ1v) is 8.41. The number of nitrogens with zero attached hydrogens (tertiary/aromatic N) is 2. The van der Waals surface area contributed by atoms with Crippen molar-refractivity contribution in [2.24, 2.45) is 0 Å². The van der Waals surface area contributed by atoms with Crippen molar-refractivity contribution in [2.45, 2.75) is 38.6 Å². The fourth-order valence-electron chi connectivity index (χ4n) is 3.45. The van der Waals surface area contributed by atoms with Gasteiger partial charge in [0.25, 0.3) is 0 Å². The molecule has 0 unspecified atom stereocenters. The van der Waals surface area contributed by atoms with Crippen molar-refractivity contribution in [3.8, 4) is 0 Å². The Morgan fingerprint density at radius 2 is 1.96 bits per heavy atom. The summed E-state index contributed by atoms with van der Waals surface area (Å²) < 4.78 is 5.00. The highest BCUT2D eigenvalue weighted by molar-refractivity contribution is 5.76. The molecule has 0 radical (unpaired) electrons. The van der Waals surface area contributed by atoms with Crippen LogP contribution in [0.1, 0.15) is 30.4 Å². The molecule has 1 aromatic rings. The van der Waals surface area contributed by atoms with Gasteiger partial charge in [0, 0.05) is 25.6 Å². The van der Waals surface area contributed by atoms with Crippen molar-refractivity contribution in [2.75, 3.05) is 26.2 Å². The predicted molar refractivity (Wildman–Crippen MR) is 87.2 cm³/mol. The number of rotatable bonds is 4. The van der Waals surface area contributed by atoms with Gasteiger partial charge in [0.05, 0.1) is 6.54 Å². The van der Waals surface area contributed by atoms with Crippen molar-refractivity contribution in [3.63, 3.8) is 0 Å². The smallest absolute Gasteiger partial charge is 0.410 e. The van der Waals surface area contributed by atoms with E-state index in [9.17, 15) is 9.59 Å². The van der Waals surface area contributed by atoms with Crippen LogP contribution in [0.15, 0.2) is 24.3 Å². The molecule has 2 fully saturated rings. The van der Waals surface area contributed by atoms with Gasteiger partial charge in [-0.25, -0.2) is 4.79 Å². The first kappa shape index (κ1) is 15.8. The van der Waals surface area contributed by atoms with E-state index in [4.69, 9.17) is 4.74 Å². The second-order valence-corrected chi connectivity index (χ2v) is 6.35. The van der Waals surface area contributed by atoms with Gasteiger partial charge in [-0.15, -0.1) is 0 Å². The zero-order chi connectivity index (χ0) is 16.2. The Bertz CT molecular complexity index is 579. The quantitative estimate of drug-likeness (QED) is 0.857. The van der Waals surface area contributed by atoms with Crippen molar-refractivity contribution in [1.29, 1.82) is 0 Å². The lowest BCUT2D eigenvalue weighted by Gasteiger charge is -2.35. The SMILES string of the molecule is Cc1ccccc1CCC(=O)N1CCC(N2CCOC2=O)CC1. The first-order chi connectivity index (χ1) is 11.1. The van der Waals surface area contributed by atoms with Gasteiger partial charge in [0.1, 0.15) is 6.61 Å². The molecule has 2 heterocycles. The predicted octanol–water partition coefficient (Wildman–Crippen LogP) is 2.37. The second-order valence-electron chi connectivity index (χ2n) is 6.35. The lowest BCUT2D eigenvalue weighted by molar-refractivity contribution is -0.132. The van der Waals surface area contributed by atoms with Gasteiger partial charge in [-0.1, -0.05) is 24.3 Å². The summed E-state index contributed by atoms with van der Waals surface area (Å²) in [4.78, 5) is 27.8. The van der Waals surface area contributed by atoms with Crippen LogP contribution >= 0.6 is 0 Å². The standard InChI is InChI=1S/C18H24N2O3/c1-14-4-2-3-5-15(14)6-7-17(21)19-10-8-16(9-11-19)20-12-13-23-18(20)22/h2-5,16H,6-13H2,1H3. The Hall–Kier alpha value is -2.04. The van der Waals surface area contributed by atoms with Crippen LogP contribution in [0.2, 0.25) is 0 Å². The van der Waals surface area contributed by atoms with E-state index in [0.717, 1.165) is 32.4 Å². The molecule has 0 bridgehead atoms. The molecule has 124 valence electrons. The number of piperidine rings is 1. The highest BCUT2D eigenvalue weighted by Gasteiger charge is 2.33. The van der Waals surface area contributed by atoms with Crippen LogP contribution in [0.25, 0.3) is 0 Å². The van der Waals surface area contributed by atoms with Crippen LogP contribution in [-0.4, -0.2) is 54.1 Å². The van der Waals surface area contributed by atoms with Crippen LogP contribution in [-0.2, 0) is 16.0 Å². The molecule has 1 aromatic carbocycles. The van der Waals surface area contributed by atoms with Gasteiger partial charge < -0.3 is 14.5 Å². The number of ether oxygens (including phenoxy) is 1. The van der Waals surface area contributed by atoms with Gasteiger partial charge >= 0.3 is 6.09 Å². The van der Waals surface area contributed by atoms with E-state index in [-0.39, 0.29) is 18.0 Å². The third-order valence-electron chi connectivity index (χ3n) is 4.92. The molecule has 23 heavy (non-hydrogen) atoms. The monoisotopic (exact) mass is 316 g/mol. The molecular formula is C18H24N2O3. The Balaban J connectivity index is 1.47. The number of aryl methyl sites for hydroxylation is 2. The van der Waals surface area contributed by atoms with E-state index in [1.54, 1.807) is 0 Å². The van der Waals surface area contributed by atoms with E-state index >= 15 is 0 Å². The van der Waals surface area contributed by atoms with Gasteiger partial charge in [-0.05, 0) is 37.3 Å². The molecule has 2 aliphatic heterocycles. The van der Waals surface area contributed by atoms with Gasteiger partial charge in [-0.2, -0.15) is 0 Å². The molecule has 3 rings (SSSR count). The number of hydrogen-bond acceptors (Lipinski definition) is 3. The second kappa shape index (κ2) is 7.02. The van der Waals surface area contributed by atoms with E-state index in [1.807, 2.05) is 21.9 Å². The summed E-state index contributed by atoms with van der Waals surface area (Å²) in [6.45, 7) is 4.74. The molecule has 0 aromatic heterocycles. The molecule has 0 saturated carbocycles. The molecule has 5 heteroatoms.